The van der Waals surface area contributed by atoms with E-state index in [2.05, 4.69) is 12.2 Å². The Labute approximate surface area is 92.3 Å². The third-order valence-corrected chi connectivity index (χ3v) is 3.07. The van der Waals surface area contributed by atoms with Gasteiger partial charge < -0.3 is 19.5 Å². The van der Waals surface area contributed by atoms with E-state index in [1.54, 1.807) is 14.2 Å². The average molecular weight is 217 g/mol. The molecule has 4 nitrogen and oxygen atoms in total. The fraction of sp³-hybridized carbons (Fsp3) is 1.00. The van der Waals surface area contributed by atoms with Gasteiger partial charge in [-0.05, 0) is 6.42 Å². The van der Waals surface area contributed by atoms with Crippen LogP contribution in [0.1, 0.15) is 19.8 Å². The first kappa shape index (κ1) is 12.9. The van der Waals surface area contributed by atoms with E-state index < -0.39 is 0 Å². The molecule has 0 radical (unpaired) electrons. The summed E-state index contributed by atoms with van der Waals surface area (Å²) in [4.78, 5) is 0. The van der Waals surface area contributed by atoms with E-state index in [0.717, 1.165) is 32.6 Å². The van der Waals surface area contributed by atoms with Crippen LogP contribution in [0.2, 0.25) is 0 Å². The van der Waals surface area contributed by atoms with Gasteiger partial charge in [0.25, 0.3) is 0 Å². The number of nitrogens with one attached hydrogen (secondary N) is 1. The summed E-state index contributed by atoms with van der Waals surface area (Å²) in [7, 11) is 3.49. The largest absolute Gasteiger partial charge is 0.383 e. The summed E-state index contributed by atoms with van der Waals surface area (Å²) in [6.07, 6.45) is 2.04. The Morgan fingerprint density at radius 2 is 2.27 bits per heavy atom. The minimum absolute atomic E-state index is 0.124. The first-order valence-electron chi connectivity index (χ1n) is 5.61. The summed E-state index contributed by atoms with van der Waals surface area (Å²) in [6.45, 7) is 5.24. The zero-order valence-electron chi connectivity index (χ0n) is 10.0. The van der Waals surface area contributed by atoms with E-state index in [0.29, 0.717) is 12.6 Å². The summed E-state index contributed by atoms with van der Waals surface area (Å²) >= 11 is 0. The van der Waals surface area contributed by atoms with Crippen LogP contribution in [0.15, 0.2) is 0 Å². The van der Waals surface area contributed by atoms with Gasteiger partial charge in [0.15, 0.2) is 0 Å². The van der Waals surface area contributed by atoms with Crippen LogP contribution in [-0.2, 0) is 14.2 Å². The Bertz CT molecular complexity index is 169. The van der Waals surface area contributed by atoms with E-state index in [-0.39, 0.29) is 5.60 Å². The molecule has 1 aliphatic heterocycles. The van der Waals surface area contributed by atoms with Crippen molar-refractivity contribution in [3.8, 4) is 0 Å². The molecule has 0 aromatic rings. The smallest absolute Gasteiger partial charge is 0.106 e. The van der Waals surface area contributed by atoms with Crippen molar-refractivity contribution < 1.29 is 14.2 Å². The lowest BCUT2D eigenvalue weighted by Crippen LogP contribution is -2.47. The van der Waals surface area contributed by atoms with Crippen LogP contribution in [0, 0.1) is 0 Å². The summed E-state index contributed by atoms with van der Waals surface area (Å²) in [5.41, 5.74) is -0.124. The predicted molar refractivity (Wildman–Crippen MR) is 59.1 cm³/mol. The Balaban J connectivity index is 2.32. The van der Waals surface area contributed by atoms with Gasteiger partial charge in [-0.15, -0.1) is 0 Å². The van der Waals surface area contributed by atoms with Crippen molar-refractivity contribution in [3.63, 3.8) is 0 Å². The summed E-state index contributed by atoms with van der Waals surface area (Å²) in [5.74, 6) is 0. The maximum Gasteiger partial charge on any atom is 0.106 e. The molecule has 0 spiro atoms. The highest BCUT2D eigenvalue weighted by Crippen LogP contribution is 2.21. The number of rotatable bonds is 7. The molecule has 1 saturated heterocycles. The summed E-state index contributed by atoms with van der Waals surface area (Å²) in [5, 5.41) is 3.47. The van der Waals surface area contributed by atoms with Crippen LogP contribution >= 0.6 is 0 Å². The summed E-state index contributed by atoms with van der Waals surface area (Å²) in [6, 6.07) is 0.405. The molecule has 0 aliphatic carbocycles. The fourth-order valence-electron chi connectivity index (χ4n) is 1.81. The molecule has 4 heteroatoms. The minimum atomic E-state index is -0.124. The predicted octanol–water partition coefficient (Wildman–Crippen LogP) is 0.806. The highest BCUT2D eigenvalue weighted by atomic mass is 16.5. The molecular formula is C11H23NO3. The Morgan fingerprint density at radius 3 is 2.73 bits per heavy atom. The van der Waals surface area contributed by atoms with E-state index >= 15 is 0 Å². The molecule has 1 aliphatic rings. The molecule has 2 atom stereocenters. The van der Waals surface area contributed by atoms with Crippen molar-refractivity contribution in [1.82, 2.24) is 5.32 Å². The zero-order chi connectivity index (χ0) is 11.1. The summed E-state index contributed by atoms with van der Waals surface area (Å²) < 4.78 is 16.1. The highest BCUT2D eigenvalue weighted by molar-refractivity contribution is 4.88. The average Bonchev–Trinajstić information content (AvgIpc) is 2.73. The molecule has 1 heterocycles. The second-order valence-corrected chi connectivity index (χ2v) is 4.13. The van der Waals surface area contributed by atoms with Crippen molar-refractivity contribution in [2.24, 2.45) is 0 Å². The highest BCUT2D eigenvalue weighted by Gasteiger charge is 2.34. The molecular weight excluding hydrogens is 194 g/mol. The molecule has 0 aromatic carbocycles. The lowest BCUT2D eigenvalue weighted by atomic mass is 10.0. The normalized spacial score (nSPS) is 28.2. The van der Waals surface area contributed by atoms with Crippen LogP contribution in [0.5, 0.6) is 0 Å². The lowest BCUT2D eigenvalue weighted by Gasteiger charge is -2.28. The zero-order valence-corrected chi connectivity index (χ0v) is 10.0. The van der Waals surface area contributed by atoms with E-state index in [1.807, 2.05) is 0 Å². The van der Waals surface area contributed by atoms with E-state index in [9.17, 15) is 0 Å². The van der Waals surface area contributed by atoms with Gasteiger partial charge in [0.05, 0.1) is 13.2 Å². The van der Waals surface area contributed by atoms with Gasteiger partial charge in [-0.1, -0.05) is 6.92 Å². The molecule has 90 valence electrons. The van der Waals surface area contributed by atoms with Gasteiger partial charge >= 0.3 is 0 Å². The molecule has 1 fully saturated rings. The Hall–Kier alpha value is -0.160. The quantitative estimate of drug-likeness (QED) is 0.685. The van der Waals surface area contributed by atoms with E-state index in [1.165, 1.54) is 0 Å². The fourth-order valence-corrected chi connectivity index (χ4v) is 1.81. The van der Waals surface area contributed by atoms with Crippen LogP contribution in [0.25, 0.3) is 0 Å². The molecule has 0 amide bonds. The van der Waals surface area contributed by atoms with Crippen molar-refractivity contribution >= 4 is 0 Å². The van der Waals surface area contributed by atoms with Crippen molar-refractivity contribution in [2.75, 3.05) is 40.6 Å². The van der Waals surface area contributed by atoms with Gasteiger partial charge in [0.2, 0.25) is 0 Å². The number of hydrogen-bond acceptors (Lipinski definition) is 4. The first-order valence-corrected chi connectivity index (χ1v) is 5.61. The second-order valence-electron chi connectivity index (χ2n) is 4.13. The third kappa shape index (κ3) is 3.72. The first-order chi connectivity index (χ1) is 7.26. The van der Waals surface area contributed by atoms with Crippen molar-refractivity contribution in [1.29, 1.82) is 0 Å². The standard InChI is InChI=1S/C11H23NO3/c1-4-10(7-13-2)12-8-11(14-3)5-6-15-9-11/h10,12H,4-9H2,1-3H3. The van der Waals surface area contributed by atoms with Gasteiger partial charge in [0.1, 0.15) is 5.60 Å². The van der Waals surface area contributed by atoms with Crippen LogP contribution in [0.3, 0.4) is 0 Å². The van der Waals surface area contributed by atoms with Gasteiger partial charge in [-0.2, -0.15) is 0 Å². The molecule has 0 saturated carbocycles. The SMILES string of the molecule is CCC(COC)NCC1(OC)CCOC1. The molecule has 0 bridgehead atoms. The maximum atomic E-state index is 5.54. The minimum Gasteiger partial charge on any atom is -0.383 e. The number of hydrogen-bond donors (Lipinski definition) is 1. The van der Waals surface area contributed by atoms with Gasteiger partial charge in [-0.25, -0.2) is 0 Å². The Kier molecular flexibility index (Phi) is 5.53. The van der Waals surface area contributed by atoms with Crippen LogP contribution in [0.4, 0.5) is 0 Å². The lowest BCUT2D eigenvalue weighted by molar-refractivity contribution is -0.0192. The van der Waals surface area contributed by atoms with Gasteiger partial charge in [0, 0.05) is 39.8 Å². The molecule has 0 aromatic heterocycles. The molecule has 1 N–H and O–H groups in total. The monoisotopic (exact) mass is 217 g/mol. The molecule has 1 rings (SSSR count). The molecule has 15 heavy (non-hydrogen) atoms. The Morgan fingerprint density at radius 1 is 1.47 bits per heavy atom. The van der Waals surface area contributed by atoms with Crippen LogP contribution in [-0.4, -0.2) is 52.2 Å². The third-order valence-electron chi connectivity index (χ3n) is 3.07. The van der Waals surface area contributed by atoms with Crippen LogP contribution < -0.4 is 5.32 Å². The maximum absolute atomic E-state index is 5.54. The number of ether oxygens (including phenoxy) is 3. The number of methoxy groups -OCH3 is 2. The van der Waals surface area contributed by atoms with Gasteiger partial charge in [-0.3, -0.25) is 0 Å². The van der Waals surface area contributed by atoms with Crippen molar-refractivity contribution in [2.45, 2.75) is 31.4 Å². The molecule has 2 unspecified atom stereocenters. The second kappa shape index (κ2) is 6.43. The topological polar surface area (TPSA) is 39.7 Å². The van der Waals surface area contributed by atoms with E-state index in [4.69, 9.17) is 14.2 Å². The van der Waals surface area contributed by atoms with Crippen molar-refractivity contribution in [3.05, 3.63) is 0 Å².